The van der Waals surface area contributed by atoms with Gasteiger partial charge in [0.05, 0.1) is 6.61 Å². The molecule has 2 heterocycles. The Morgan fingerprint density at radius 3 is 2.70 bits per heavy atom. The number of ether oxygens (including phenoxy) is 1. The Bertz CT molecular complexity index is 572. The van der Waals surface area contributed by atoms with Gasteiger partial charge in [-0.25, -0.2) is 13.2 Å². The van der Waals surface area contributed by atoms with Gasteiger partial charge >= 0.3 is 5.97 Å². The number of sulfonamides is 1. The van der Waals surface area contributed by atoms with Crippen LogP contribution >= 0.6 is 0 Å². The van der Waals surface area contributed by atoms with Crippen molar-refractivity contribution in [1.29, 1.82) is 0 Å². The Balaban J connectivity index is 2.16. The lowest BCUT2D eigenvalue weighted by Gasteiger charge is -2.28. The smallest absolute Gasteiger partial charge is 0.374 e. The van der Waals surface area contributed by atoms with Gasteiger partial charge in [-0.1, -0.05) is 0 Å². The number of rotatable bonds is 4. The summed E-state index contributed by atoms with van der Waals surface area (Å²) in [7, 11) is -3.71. The van der Waals surface area contributed by atoms with Gasteiger partial charge in [0.1, 0.15) is 0 Å². The zero-order valence-electron chi connectivity index (χ0n) is 11.2. The molecule has 0 radical (unpaired) electrons. The summed E-state index contributed by atoms with van der Waals surface area (Å²) in [4.78, 5) is 11.5. The first-order valence-corrected chi connectivity index (χ1v) is 7.92. The molecule has 20 heavy (non-hydrogen) atoms. The molecule has 2 rings (SSSR count). The highest BCUT2D eigenvalue weighted by Gasteiger charge is 2.31. The first kappa shape index (κ1) is 15.0. The number of hydrogen-bond donors (Lipinski definition) is 1. The second-order valence-corrected chi connectivity index (χ2v) is 6.45. The SMILES string of the molecule is CCOC(=O)c1ccc(S(=O)(=O)N2CCC(N)CC2)o1. The van der Waals surface area contributed by atoms with Crippen molar-refractivity contribution in [2.75, 3.05) is 19.7 Å². The highest BCUT2D eigenvalue weighted by molar-refractivity contribution is 7.89. The molecule has 0 spiro atoms. The Kier molecular flexibility index (Phi) is 4.46. The summed E-state index contributed by atoms with van der Waals surface area (Å²) in [6, 6.07) is 2.62. The molecule has 0 aliphatic carbocycles. The fourth-order valence-corrected chi connectivity index (χ4v) is 3.40. The first-order chi connectivity index (χ1) is 9.45. The highest BCUT2D eigenvalue weighted by atomic mass is 32.2. The van der Waals surface area contributed by atoms with Gasteiger partial charge in [-0.15, -0.1) is 0 Å². The summed E-state index contributed by atoms with van der Waals surface area (Å²) < 4.78 is 35.8. The fraction of sp³-hybridized carbons (Fsp3) is 0.583. The quantitative estimate of drug-likeness (QED) is 0.816. The highest BCUT2D eigenvalue weighted by Crippen LogP contribution is 2.22. The summed E-state index contributed by atoms with van der Waals surface area (Å²) in [5, 5.41) is -0.240. The fourth-order valence-electron chi connectivity index (χ4n) is 2.01. The number of carbonyl (C=O) groups excluding carboxylic acids is 1. The lowest BCUT2D eigenvalue weighted by atomic mass is 10.1. The molecular weight excluding hydrogens is 284 g/mol. The molecule has 0 bridgehead atoms. The van der Waals surface area contributed by atoms with E-state index in [1.165, 1.54) is 16.4 Å². The summed E-state index contributed by atoms with van der Waals surface area (Å²) in [5.74, 6) is -0.784. The van der Waals surface area contributed by atoms with Crippen LogP contribution in [0.15, 0.2) is 21.6 Å². The van der Waals surface area contributed by atoms with E-state index >= 15 is 0 Å². The van der Waals surface area contributed by atoms with Crippen LogP contribution in [0.2, 0.25) is 0 Å². The third-order valence-corrected chi connectivity index (χ3v) is 4.92. The molecule has 0 amide bonds. The van der Waals surface area contributed by atoms with Crippen LogP contribution in [-0.4, -0.2) is 44.4 Å². The van der Waals surface area contributed by atoms with Crippen molar-refractivity contribution in [3.63, 3.8) is 0 Å². The van der Waals surface area contributed by atoms with Crippen molar-refractivity contribution >= 4 is 16.0 Å². The average molecular weight is 302 g/mol. The van der Waals surface area contributed by atoms with Gasteiger partial charge in [-0.2, -0.15) is 4.31 Å². The monoisotopic (exact) mass is 302 g/mol. The predicted octanol–water partition coefficient (Wildman–Crippen LogP) is 0.568. The van der Waals surface area contributed by atoms with Crippen LogP contribution in [0.3, 0.4) is 0 Å². The Hall–Kier alpha value is -1.38. The average Bonchev–Trinajstić information content (AvgIpc) is 2.90. The van der Waals surface area contributed by atoms with Gasteiger partial charge in [-0.05, 0) is 31.9 Å². The normalized spacial score (nSPS) is 18.1. The largest absolute Gasteiger partial charge is 0.460 e. The number of nitrogens with two attached hydrogens (primary N) is 1. The molecule has 1 aliphatic heterocycles. The third-order valence-electron chi connectivity index (χ3n) is 3.15. The molecule has 1 fully saturated rings. The van der Waals surface area contributed by atoms with Crippen LogP contribution in [0.5, 0.6) is 0 Å². The molecule has 8 heteroatoms. The van der Waals surface area contributed by atoms with Crippen LogP contribution in [0.4, 0.5) is 0 Å². The molecular formula is C12H18N2O5S. The van der Waals surface area contributed by atoms with Crippen LogP contribution in [-0.2, 0) is 14.8 Å². The maximum Gasteiger partial charge on any atom is 0.374 e. The van der Waals surface area contributed by atoms with E-state index in [9.17, 15) is 13.2 Å². The van der Waals surface area contributed by atoms with Crippen molar-refractivity contribution < 1.29 is 22.4 Å². The zero-order valence-corrected chi connectivity index (χ0v) is 12.1. The summed E-state index contributed by atoms with van der Waals surface area (Å²) in [6.45, 7) is 2.58. The van der Waals surface area contributed by atoms with E-state index in [4.69, 9.17) is 14.9 Å². The van der Waals surface area contributed by atoms with Gasteiger partial charge in [0.2, 0.25) is 10.9 Å². The number of esters is 1. The zero-order chi connectivity index (χ0) is 14.8. The van der Waals surface area contributed by atoms with E-state index in [-0.39, 0.29) is 23.5 Å². The van der Waals surface area contributed by atoms with E-state index < -0.39 is 16.0 Å². The van der Waals surface area contributed by atoms with Crippen molar-refractivity contribution in [3.8, 4) is 0 Å². The van der Waals surface area contributed by atoms with Crippen LogP contribution in [0.1, 0.15) is 30.3 Å². The van der Waals surface area contributed by atoms with Crippen LogP contribution in [0, 0.1) is 0 Å². The molecule has 0 aromatic carbocycles. The summed E-state index contributed by atoms with van der Waals surface area (Å²) in [6.07, 6.45) is 1.23. The summed E-state index contributed by atoms with van der Waals surface area (Å²) >= 11 is 0. The Morgan fingerprint density at radius 1 is 1.45 bits per heavy atom. The molecule has 2 N–H and O–H groups in total. The number of carbonyl (C=O) groups is 1. The number of furan rings is 1. The van der Waals surface area contributed by atoms with Gasteiger partial charge in [0.25, 0.3) is 10.0 Å². The standard InChI is InChI=1S/C12H18N2O5S/c1-2-18-12(15)10-3-4-11(19-10)20(16,17)14-7-5-9(13)6-8-14/h3-4,9H,2,5-8,13H2,1H3. The summed E-state index contributed by atoms with van der Waals surface area (Å²) in [5.41, 5.74) is 5.75. The second kappa shape index (κ2) is 5.94. The molecule has 0 unspecified atom stereocenters. The molecule has 7 nitrogen and oxygen atoms in total. The Morgan fingerprint density at radius 2 is 2.10 bits per heavy atom. The lowest BCUT2D eigenvalue weighted by molar-refractivity contribution is 0.0483. The van der Waals surface area contributed by atoms with Crippen molar-refractivity contribution in [2.45, 2.75) is 30.9 Å². The minimum absolute atomic E-state index is 0.0353. The minimum Gasteiger partial charge on any atom is -0.460 e. The van der Waals surface area contributed by atoms with Crippen molar-refractivity contribution in [3.05, 3.63) is 17.9 Å². The van der Waals surface area contributed by atoms with Crippen molar-refractivity contribution in [2.24, 2.45) is 5.73 Å². The molecule has 112 valence electrons. The predicted molar refractivity (Wildman–Crippen MR) is 70.6 cm³/mol. The lowest BCUT2D eigenvalue weighted by Crippen LogP contribution is -2.42. The molecule has 1 aromatic heterocycles. The first-order valence-electron chi connectivity index (χ1n) is 6.48. The maximum atomic E-state index is 12.3. The van der Waals surface area contributed by atoms with E-state index in [0.29, 0.717) is 25.9 Å². The van der Waals surface area contributed by atoms with Crippen molar-refractivity contribution in [1.82, 2.24) is 4.31 Å². The number of nitrogens with zero attached hydrogens (tertiary/aromatic N) is 1. The Labute approximate surface area is 117 Å². The van der Waals surface area contributed by atoms with E-state index in [0.717, 1.165) is 0 Å². The van der Waals surface area contributed by atoms with Crippen LogP contribution < -0.4 is 5.73 Å². The maximum absolute atomic E-state index is 12.3. The second-order valence-electron chi connectivity index (χ2n) is 4.58. The van der Waals surface area contributed by atoms with Gasteiger partial charge in [-0.3, -0.25) is 0 Å². The number of hydrogen-bond acceptors (Lipinski definition) is 6. The van der Waals surface area contributed by atoms with E-state index in [1.54, 1.807) is 6.92 Å². The van der Waals surface area contributed by atoms with Gasteiger partial charge < -0.3 is 14.9 Å². The van der Waals surface area contributed by atoms with Crippen LogP contribution in [0.25, 0.3) is 0 Å². The number of piperidine rings is 1. The van der Waals surface area contributed by atoms with E-state index in [2.05, 4.69) is 0 Å². The molecule has 1 saturated heterocycles. The molecule has 0 atom stereocenters. The van der Waals surface area contributed by atoms with Gasteiger partial charge in [0.15, 0.2) is 0 Å². The molecule has 0 saturated carbocycles. The molecule has 1 aromatic rings. The topological polar surface area (TPSA) is 103 Å². The van der Waals surface area contributed by atoms with E-state index in [1.807, 2.05) is 0 Å². The third kappa shape index (κ3) is 3.02. The molecule has 1 aliphatic rings. The van der Waals surface area contributed by atoms with Gasteiger partial charge in [0, 0.05) is 19.1 Å². The minimum atomic E-state index is -3.71.